The fourth-order valence-corrected chi connectivity index (χ4v) is 1.62. The largest absolute Gasteiger partial charge is 0.508 e. The molecule has 0 atom stereocenters. The van der Waals surface area contributed by atoms with E-state index < -0.39 is 0 Å². The second-order valence-corrected chi connectivity index (χ2v) is 3.96. The molecular weight excluding hydrogens is 232 g/mol. The van der Waals surface area contributed by atoms with Crippen molar-refractivity contribution < 1.29 is 20.1 Å². The van der Waals surface area contributed by atoms with Crippen molar-refractivity contribution in [1.82, 2.24) is 0 Å². The minimum absolute atomic E-state index is 0.0386. The highest BCUT2D eigenvalue weighted by Crippen LogP contribution is 2.24. The van der Waals surface area contributed by atoms with Crippen LogP contribution in [-0.2, 0) is 6.42 Å². The molecule has 0 bridgehead atoms. The van der Waals surface area contributed by atoms with Crippen molar-refractivity contribution in [1.29, 1.82) is 0 Å². The summed E-state index contributed by atoms with van der Waals surface area (Å²) in [7, 11) is 0. The summed E-state index contributed by atoms with van der Waals surface area (Å²) in [6.07, 6.45) is 0.0386. The molecule has 18 heavy (non-hydrogen) atoms. The summed E-state index contributed by atoms with van der Waals surface area (Å²) in [6, 6.07) is 10.0. The molecule has 0 radical (unpaired) electrons. The van der Waals surface area contributed by atoms with Crippen molar-refractivity contribution in [3.63, 3.8) is 0 Å². The van der Waals surface area contributed by atoms with Crippen LogP contribution in [0.4, 0.5) is 0 Å². The molecule has 0 aliphatic rings. The van der Waals surface area contributed by atoms with E-state index in [9.17, 15) is 9.90 Å². The number of aromatic hydroxyl groups is 3. The van der Waals surface area contributed by atoms with Gasteiger partial charge in [0.2, 0.25) is 0 Å². The lowest BCUT2D eigenvalue weighted by Gasteiger charge is -2.05. The Labute approximate surface area is 104 Å². The van der Waals surface area contributed by atoms with E-state index >= 15 is 0 Å². The van der Waals surface area contributed by atoms with Gasteiger partial charge < -0.3 is 15.3 Å². The molecule has 0 spiro atoms. The van der Waals surface area contributed by atoms with E-state index in [-0.39, 0.29) is 29.5 Å². The highest BCUT2D eigenvalue weighted by atomic mass is 16.3. The summed E-state index contributed by atoms with van der Waals surface area (Å²) >= 11 is 0. The van der Waals surface area contributed by atoms with Crippen LogP contribution in [-0.4, -0.2) is 21.1 Å². The molecule has 0 fully saturated rings. The van der Waals surface area contributed by atoms with Gasteiger partial charge in [0.15, 0.2) is 5.78 Å². The lowest BCUT2D eigenvalue weighted by molar-refractivity contribution is 0.0992. The van der Waals surface area contributed by atoms with Crippen LogP contribution < -0.4 is 0 Å². The number of hydrogen-bond acceptors (Lipinski definition) is 4. The topological polar surface area (TPSA) is 77.8 Å². The number of benzene rings is 2. The highest BCUT2D eigenvalue weighted by Gasteiger charge is 2.10. The number of phenols is 3. The van der Waals surface area contributed by atoms with Gasteiger partial charge in [0, 0.05) is 23.6 Å². The van der Waals surface area contributed by atoms with Crippen LogP contribution in [0.25, 0.3) is 0 Å². The number of ketones is 1. The number of carbonyl (C=O) groups excluding carboxylic acids is 1. The van der Waals surface area contributed by atoms with Gasteiger partial charge in [-0.05, 0) is 30.3 Å². The molecule has 92 valence electrons. The van der Waals surface area contributed by atoms with Crippen LogP contribution in [0.3, 0.4) is 0 Å². The maximum absolute atomic E-state index is 11.9. The van der Waals surface area contributed by atoms with Gasteiger partial charge in [-0.3, -0.25) is 4.79 Å². The first-order valence-electron chi connectivity index (χ1n) is 5.39. The normalized spacial score (nSPS) is 10.2. The molecule has 0 amide bonds. The zero-order chi connectivity index (χ0) is 13.1. The average molecular weight is 244 g/mol. The molecule has 0 heterocycles. The Morgan fingerprint density at radius 1 is 0.889 bits per heavy atom. The maximum atomic E-state index is 11.9. The van der Waals surface area contributed by atoms with Gasteiger partial charge in [-0.1, -0.05) is 6.07 Å². The standard InChI is InChI=1S/C14H12O4/c15-11-4-1-9(2-5-11)13(17)7-10-3-6-12(16)8-14(10)18/h1-6,8,15-16,18H,7H2. The van der Waals surface area contributed by atoms with E-state index in [1.165, 1.54) is 42.5 Å². The Kier molecular flexibility index (Phi) is 3.19. The van der Waals surface area contributed by atoms with Gasteiger partial charge in [-0.2, -0.15) is 0 Å². The van der Waals surface area contributed by atoms with Crippen molar-refractivity contribution in [2.24, 2.45) is 0 Å². The molecule has 0 aliphatic heterocycles. The first-order valence-corrected chi connectivity index (χ1v) is 5.39. The molecule has 2 rings (SSSR count). The predicted molar refractivity (Wildman–Crippen MR) is 65.9 cm³/mol. The zero-order valence-corrected chi connectivity index (χ0v) is 9.50. The van der Waals surface area contributed by atoms with Crippen LogP contribution in [0.15, 0.2) is 42.5 Å². The maximum Gasteiger partial charge on any atom is 0.167 e. The minimum atomic E-state index is -0.170. The molecule has 0 aliphatic carbocycles. The van der Waals surface area contributed by atoms with Gasteiger partial charge in [0.1, 0.15) is 17.2 Å². The van der Waals surface area contributed by atoms with Crippen molar-refractivity contribution in [3.8, 4) is 17.2 Å². The van der Waals surface area contributed by atoms with Crippen LogP contribution in [0.1, 0.15) is 15.9 Å². The summed E-state index contributed by atoms with van der Waals surface area (Å²) in [5, 5.41) is 27.8. The first kappa shape index (κ1) is 12.0. The van der Waals surface area contributed by atoms with Crippen LogP contribution in [0, 0.1) is 0 Å². The summed E-state index contributed by atoms with van der Waals surface area (Å²) < 4.78 is 0. The third-order valence-electron chi connectivity index (χ3n) is 2.61. The summed E-state index contributed by atoms with van der Waals surface area (Å²) in [6.45, 7) is 0. The lowest BCUT2D eigenvalue weighted by Crippen LogP contribution is -2.03. The lowest BCUT2D eigenvalue weighted by atomic mass is 10.0. The van der Waals surface area contributed by atoms with Crippen LogP contribution in [0.2, 0.25) is 0 Å². The first-order chi connectivity index (χ1) is 8.56. The average Bonchev–Trinajstić information content (AvgIpc) is 2.33. The van der Waals surface area contributed by atoms with E-state index in [1.54, 1.807) is 0 Å². The van der Waals surface area contributed by atoms with Crippen molar-refractivity contribution in [2.75, 3.05) is 0 Å². The summed E-state index contributed by atoms with van der Waals surface area (Å²) in [5.74, 6) is -0.231. The Hall–Kier alpha value is -2.49. The SMILES string of the molecule is O=C(Cc1ccc(O)cc1O)c1ccc(O)cc1. The molecule has 4 nitrogen and oxygen atoms in total. The van der Waals surface area contributed by atoms with Gasteiger partial charge >= 0.3 is 0 Å². The minimum Gasteiger partial charge on any atom is -0.508 e. The van der Waals surface area contributed by atoms with Crippen LogP contribution in [0.5, 0.6) is 17.2 Å². The van der Waals surface area contributed by atoms with Crippen molar-refractivity contribution in [3.05, 3.63) is 53.6 Å². The van der Waals surface area contributed by atoms with E-state index in [0.717, 1.165) is 0 Å². The molecule has 0 aromatic heterocycles. The van der Waals surface area contributed by atoms with E-state index in [2.05, 4.69) is 0 Å². The molecule has 0 unspecified atom stereocenters. The van der Waals surface area contributed by atoms with Crippen molar-refractivity contribution >= 4 is 5.78 Å². The second kappa shape index (κ2) is 4.79. The van der Waals surface area contributed by atoms with E-state index in [4.69, 9.17) is 10.2 Å². The highest BCUT2D eigenvalue weighted by molar-refractivity contribution is 5.97. The number of rotatable bonds is 3. The Morgan fingerprint density at radius 2 is 1.50 bits per heavy atom. The molecule has 4 heteroatoms. The molecular formula is C14H12O4. The van der Waals surface area contributed by atoms with Gasteiger partial charge in [-0.25, -0.2) is 0 Å². The summed E-state index contributed by atoms with van der Waals surface area (Å²) in [4.78, 5) is 11.9. The Morgan fingerprint density at radius 3 is 2.11 bits per heavy atom. The molecule has 3 N–H and O–H groups in total. The van der Waals surface area contributed by atoms with E-state index in [1.807, 2.05) is 0 Å². The van der Waals surface area contributed by atoms with Gasteiger partial charge in [-0.15, -0.1) is 0 Å². The number of Topliss-reactive ketones (excluding diaryl/α,β-unsaturated/α-hetero) is 1. The quantitative estimate of drug-likeness (QED) is 0.723. The molecule has 0 saturated carbocycles. The van der Waals surface area contributed by atoms with Crippen LogP contribution >= 0.6 is 0 Å². The third kappa shape index (κ3) is 2.60. The number of carbonyl (C=O) groups is 1. The molecule has 2 aromatic carbocycles. The fourth-order valence-electron chi connectivity index (χ4n) is 1.62. The van der Waals surface area contributed by atoms with Gasteiger partial charge in [0.05, 0.1) is 0 Å². The predicted octanol–water partition coefficient (Wildman–Crippen LogP) is 2.23. The molecule has 2 aromatic rings. The number of phenolic OH excluding ortho intramolecular Hbond substituents is 3. The Bertz CT molecular complexity index is 573. The monoisotopic (exact) mass is 244 g/mol. The smallest absolute Gasteiger partial charge is 0.167 e. The zero-order valence-electron chi connectivity index (χ0n) is 9.50. The number of hydrogen-bond donors (Lipinski definition) is 3. The van der Waals surface area contributed by atoms with E-state index in [0.29, 0.717) is 11.1 Å². The fraction of sp³-hybridized carbons (Fsp3) is 0.0714. The second-order valence-electron chi connectivity index (χ2n) is 3.96. The van der Waals surface area contributed by atoms with Gasteiger partial charge in [0.25, 0.3) is 0 Å². The third-order valence-corrected chi connectivity index (χ3v) is 2.61. The Balaban J connectivity index is 2.18. The summed E-state index contributed by atoms with van der Waals surface area (Å²) in [5.41, 5.74) is 0.908. The molecule has 0 saturated heterocycles. The van der Waals surface area contributed by atoms with Crippen molar-refractivity contribution in [2.45, 2.75) is 6.42 Å².